The maximum absolute atomic E-state index is 13.2. The standard InChI is InChI=1S/C21H23N5O3S/c1-13-4-2-5-14(8-13)26-19-17(11-23-26)20(28)25-15(12-30-21(25)24-19)9-18(27)22-10-16-6-3-7-29-16/h2,4-5,8,11,15-16H,3,6-7,9-10,12H2,1H3,(H,22,27)/t15-,16+/m1/s1. The van der Waals surface area contributed by atoms with Gasteiger partial charge in [-0.1, -0.05) is 23.9 Å². The highest BCUT2D eigenvalue weighted by Gasteiger charge is 2.30. The molecule has 2 aliphatic rings. The molecule has 9 heteroatoms. The fourth-order valence-electron chi connectivity index (χ4n) is 4.05. The molecule has 2 aromatic heterocycles. The van der Waals surface area contributed by atoms with Crippen LogP contribution in [-0.2, 0) is 9.53 Å². The Morgan fingerprint density at radius 3 is 3.10 bits per heavy atom. The van der Waals surface area contributed by atoms with Crippen LogP contribution in [0.5, 0.6) is 0 Å². The van der Waals surface area contributed by atoms with Crippen molar-refractivity contribution in [2.45, 2.75) is 43.5 Å². The molecular weight excluding hydrogens is 402 g/mol. The molecule has 0 radical (unpaired) electrons. The van der Waals surface area contributed by atoms with E-state index in [-0.39, 0.29) is 30.0 Å². The van der Waals surface area contributed by atoms with Crippen LogP contribution < -0.4 is 10.9 Å². The number of fused-ring (bicyclic) bond motifs is 2. The molecule has 0 bridgehead atoms. The summed E-state index contributed by atoms with van der Waals surface area (Å²) in [5.74, 6) is 0.589. The van der Waals surface area contributed by atoms with Crippen molar-refractivity contribution in [1.29, 1.82) is 0 Å². The molecule has 8 nitrogen and oxygen atoms in total. The number of hydrogen-bond donors (Lipinski definition) is 1. The number of aryl methyl sites for hydroxylation is 1. The van der Waals surface area contributed by atoms with Crippen LogP contribution >= 0.6 is 11.8 Å². The summed E-state index contributed by atoms with van der Waals surface area (Å²) in [6, 6.07) is 7.71. The van der Waals surface area contributed by atoms with Crippen molar-refractivity contribution in [3.8, 4) is 5.69 Å². The third-order valence-electron chi connectivity index (χ3n) is 5.59. The van der Waals surface area contributed by atoms with E-state index < -0.39 is 0 Å². The van der Waals surface area contributed by atoms with Gasteiger partial charge in [-0.2, -0.15) is 5.10 Å². The van der Waals surface area contributed by atoms with Crippen molar-refractivity contribution in [2.24, 2.45) is 0 Å². The lowest BCUT2D eigenvalue weighted by atomic mass is 10.2. The van der Waals surface area contributed by atoms with Crippen molar-refractivity contribution < 1.29 is 9.53 Å². The van der Waals surface area contributed by atoms with Gasteiger partial charge in [0.2, 0.25) is 5.91 Å². The van der Waals surface area contributed by atoms with E-state index in [9.17, 15) is 9.59 Å². The number of hydrogen-bond acceptors (Lipinski definition) is 6. The highest BCUT2D eigenvalue weighted by molar-refractivity contribution is 7.99. The Morgan fingerprint density at radius 2 is 2.30 bits per heavy atom. The van der Waals surface area contributed by atoms with Gasteiger partial charge in [-0.15, -0.1) is 0 Å². The number of benzene rings is 1. The summed E-state index contributed by atoms with van der Waals surface area (Å²) in [6.45, 7) is 3.31. The molecule has 0 spiro atoms. The lowest BCUT2D eigenvalue weighted by molar-refractivity contribution is -0.122. The summed E-state index contributed by atoms with van der Waals surface area (Å²) in [6.07, 6.45) is 3.95. The van der Waals surface area contributed by atoms with E-state index >= 15 is 0 Å². The number of ether oxygens (including phenoxy) is 1. The number of rotatable bonds is 5. The maximum atomic E-state index is 13.2. The topological polar surface area (TPSA) is 91.0 Å². The van der Waals surface area contributed by atoms with Gasteiger partial charge in [-0.3, -0.25) is 14.2 Å². The number of nitrogens with zero attached hydrogens (tertiary/aromatic N) is 4. The van der Waals surface area contributed by atoms with Crippen molar-refractivity contribution in [3.63, 3.8) is 0 Å². The van der Waals surface area contributed by atoms with Gasteiger partial charge >= 0.3 is 0 Å². The number of thioether (sulfide) groups is 1. The van der Waals surface area contributed by atoms with Crippen molar-refractivity contribution >= 4 is 28.7 Å². The average molecular weight is 426 g/mol. The highest BCUT2D eigenvalue weighted by atomic mass is 32.2. The molecule has 30 heavy (non-hydrogen) atoms. The first-order chi connectivity index (χ1) is 14.6. The lowest BCUT2D eigenvalue weighted by Gasteiger charge is -2.15. The SMILES string of the molecule is Cc1cccc(-n2ncc3c(=O)n4c(nc32)SC[C@H]4CC(=O)NC[C@@H]2CCCO2)c1. The summed E-state index contributed by atoms with van der Waals surface area (Å²) < 4.78 is 8.90. The third kappa shape index (κ3) is 3.52. The summed E-state index contributed by atoms with van der Waals surface area (Å²) >= 11 is 1.51. The quantitative estimate of drug-likeness (QED) is 0.631. The van der Waals surface area contributed by atoms with E-state index in [1.807, 2.05) is 31.2 Å². The first-order valence-corrected chi connectivity index (χ1v) is 11.2. The average Bonchev–Trinajstić information content (AvgIpc) is 3.47. The van der Waals surface area contributed by atoms with Crippen molar-refractivity contribution in [3.05, 3.63) is 46.4 Å². The fourth-order valence-corrected chi connectivity index (χ4v) is 5.18. The molecule has 3 aromatic rings. The number of aromatic nitrogens is 4. The second kappa shape index (κ2) is 7.88. The van der Waals surface area contributed by atoms with Gasteiger partial charge < -0.3 is 10.1 Å². The molecule has 4 heterocycles. The van der Waals surface area contributed by atoms with Gasteiger partial charge in [0.05, 0.1) is 24.0 Å². The summed E-state index contributed by atoms with van der Waals surface area (Å²) in [5.41, 5.74) is 2.39. The molecule has 1 N–H and O–H groups in total. The minimum absolute atomic E-state index is 0.0635. The Bertz CT molecular complexity index is 1170. The number of amides is 1. The number of carbonyl (C=O) groups excluding carboxylic acids is 1. The van der Waals surface area contributed by atoms with Crippen LogP contribution in [0, 0.1) is 6.92 Å². The van der Waals surface area contributed by atoms with Crippen LogP contribution in [0.15, 0.2) is 40.4 Å². The van der Waals surface area contributed by atoms with Crippen LogP contribution in [0.3, 0.4) is 0 Å². The maximum Gasteiger partial charge on any atom is 0.265 e. The Kier molecular flexibility index (Phi) is 5.08. The van der Waals surface area contributed by atoms with E-state index in [4.69, 9.17) is 9.72 Å². The number of nitrogens with one attached hydrogen (secondary N) is 1. The molecule has 2 aliphatic heterocycles. The summed E-state index contributed by atoms with van der Waals surface area (Å²) in [4.78, 5) is 30.4. The molecule has 1 aromatic carbocycles. The zero-order valence-electron chi connectivity index (χ0n) is 16.7. The lowest BCUT2D eigenvalue weighted by Crippen LogP contribution is -2.34. The predicted molar refractivity (Wildman–Crippen MR) is 114 cm³/mol. The van der Waals surface area contributed by atoms with Crippen molar-refractivity contribution in [1.82, 2.24) is 24.6 Å². The molecule has 0 aliphatic carbocycles. The van der Waals surface area contributed by atoms with Crippen LogP contribution in [0.2, 0.25) is 0 Å². The largest absolute Gasteiger partial charge is 0.376 e. The molecule has 2 atom stereocenters. The van der Waals surface area contributed by atoms with Crippen LogP contribution in [-0.4, -0.2) is 50.2 Å². The molecule has 0 unspecified atom stereocenters. The van der Waals surface area contributed by atoms with Gasteiger partial charge in [0.15, 0.2) is 10.8 Å². The van der Waals surface area contributed by atoms with E-state index in [1.54, 1.807) is 15.4 Å². The monoisotopic (exact) mass is 425 g/mol. The van der Waals surface area contributed by atoms with Crippen LogP contribution in [0.25, 0.3) is 16.7 Å². The Morgan fingerprint density at radius 1 is 1.40 bits per heavy atom. The van der Waals surface area contributed by atoms with Gasteiger partial charge in [-0.05, 0) is 37.5 Å². The molecule has 5 rings (SSSR count). The highest BCUT2D eigenvalue weighted by Crippen LogP contribution is 2.33. The second-order valence-electron chi connectivity index (χ2n) is 7.81. The molecule has 156 valence electrons. The van der Waals surface area contributed by atoms with Gasteiger partial charge in [-0.25, -0.2) is 9.67 Å². The minimum Gasteiger partial charge on any atom is -0.376 e. The Hall–Kier alpha value is -2.65. The van der Waals surface area contributed by atoms with Gasteiger partial charge in [0.25, 0.3) is 5.56 Å². The van der Waals surface area contributed by atoms with Crippen LogP contribution in [0.1, 0.15) is 30.9 Å². The number of carbonyl (C=O) groups is 1. The zero-order valence-corrected chi connectivity index (χ0v) is 17.5. The van der Waals surface area contributed by atoms with Gasteiger partial charge in [0.1, 0.15) is 5.39 Å². The molecule has 0 saturated carbocycles. The smallest absolute Gasteiger partial charge is 0.265 e. The van der Waals surface area contributed by atoms with Crippen LogP contribution in [0.4, 0.5) is 0 Å². The summed E-state index contributed by atoms with van der Waals surface area (Å²) in [5, 5.41) is 8.45. The second-order valence-corrected chi connectivity index (χ2v) is 8.80. The first kappa shape index (κ1) is 19.3. The molecule has 1 fully saturated rings. The Balaban J connectivity index is 1.40. The van der Waals surface area contributed by atoms with E-state index in [0.29, 0.717) is 28.5 Å². The molecular formula is C21H23N5O3S. The summed E-state index contributed by atoms with van der Waals surface area (Å²) in [7, 11) is 0. The van der Waals surface area contributed by atoms with E-state index in [0.717, 1.165) is 30.7 Å². The van der Waals surface area contributed by atoms with Gasteiger partial charge in [0, 0.05) is 25.3 Å². The normalized spacial score (nSPS) is 20.6. The van der Waals surface area contributed by atoms with Crippen molar-refractivity contribution in [2.75, 3.05) is 18.9 Å². The zero-order chi connectivity index (χ0) is 20.7. The molecule has 1 saturated heterocycles. The molecule has 1 amide bonds. The van der Waals surface area contributed by atoms with E-state index in [1.165, 1.54) is 11.8 Å². The first-order valence-electron chi connectivity index (χ1n) is 10.2. The fraction of sp³-hybridized carbons (Fsp3) is 0.429. The Labute approximate surface area is 177 Å². The minimum atomic E-state index is -0.207. The van der Waals surface area contributed by atoms with E-state index in [2.05, 4.69) is 10.4 Å². The predicted octanol–water partition coefficient (Wildman–Crippen LogP) is 2.22. The third-order valence-corrected chi connectivity index (χ3v) is 6.69.